The van der Waals surface area contributed by atoms with Gasteiger partial charge in [-0.25, -0.2) is 4.39 Å². The Morgan fingerprint density at radius 2 is 2.33 bits per heavy atom. The van der Waals surface area contributed by atoms with Crippen molar-refractivity contribution in [1.29, 1.82) is 0 Å². The van der Waals surface area contributed by atoms with Gasteiger partial charge in [0.15, 0.2) is 0 Å². The average Bonchev–Trinajstić information content (AvgIpc) is 2.41. The quantitative estimate of drug-likeness (QED) is 0.662. The van der Waals surface area contributed by atoms with Crippen LogP contribution in [-0.4, -0.2) is 28.6 Å². The maximum Gasteiger partial charge on any atom is 0.126 e. The van der Waals surface area contributed by atoms with Crippen LogP contribution in [0.2, 0.25) is 5.02 Å². The van der Waals surface area contributed by atoms with Gasteiger partial charge < -0.3 is 0 Å². The Hall–Kier alpha value is 0.0600. The molecule has 0 radical (unpaired) electrons. The normalized spacial score (nSPS) is 21.8. The molecule has 100 valence electrons. The molecule has 0 saturated carbocycles. The Labute approximate surface area is 120 Å². The molecule has 1 aromatic carbocycles. The molecule has 2 rings (SSSR count). The molecule has 1 aromatic rings. The molecule has 1 saturated heterocycles. The number of nitrogens with two attached hydrogens (primary N) is 1. The van der Waals surface area contributed by atoms with E-state index >= 15 is 0 Å². The number of nitrogens with one attached hydrogen (secondary N) is 1. The topological polar surface area (TPSA) is 38.0 Å². The van der Waals surface area contributed by atoms with Gasteiger partial charge in [-0.3, -0.25) is 11.3 Å². The Bertz CT molecular complexity index is 400. The molecule has 0 aromatic heterocycles. The highest BCUT2D eigenvalue weighted by Crippen LogP contribution is 2.28. The molecule has 1 aliphatic rings. The predicted octanol–water partition coefficient (Wildman–Crippen LogP) is 2.70. The lowest BCUT2D eigenvalue weighted by Crippen LogP contribution is -2.46. The summed E-state index contributed by atoms with van der Waals surface area (Å²) < 4.78 is 13.7. The second kappa shape index (κ2) is 7.01. The summed E-state index contributed by atoms with van der Waals surface area (Å²) in [6.07, 6.45) is 0.571. The van der Waals surface area contributed by atoms with E-state index in [1.807, 2.05) is 23.5 Å². The van der Waals surface area contributed by atoms with Crippen molar-refractivity contribution in [2.24, 2.45) is 5.84 Å². The summed E-state index contributed by atoms with van der Waals surface area (Å²) in [7, 11) is 0. The van der Waals surface area contributed by atoms with Crippen molar-refractivity contribution in [1.82, 2.24) is 5.43 Å². The largest absolute Gasteiger partial charge is 0.271 e. The van der Waals surface area contributed by atoms with Gasteiger partial charge in [0.1, 0.15) is 5.82 Å². The minimum absolute atomic E-state index is 0.0794. The third kappa shape index (κ3) is 3.78. The summed E-state index contributed by atoms with van der Waals surface area (Å²) in [5, 5.41) is 0.986. The summed E-state index contributed by atoms with van der Waals surface area (Å²) in [4.78, 5) is 0. The molecule has 2 unspecified atom stereocenters. The second-order valence-corrected chi connectivity index (χ2v) is 7.13. The van der Waals surface area contributed by atoms with Crippen LogP contribution in [0, 0.1) is 5.82 Å². The van der Waals surface area contributed by atoms with E-state index in [0.717, 1.165) is 11.5 Å². The first-order chi connectivity index (χ1) is 8.70. The van der Waals surface area contributed by atoms with Crippen LogP contribution in [0.15, 0.2) is 18.2 Å². The first kappa shape index (κ1) is 14.5. The molecule has 6 heteroatoms. The summed E-state index contributed by atoms with van der Waals surface area (Å²) in [5.74, 6) is 8.77. The SMILES string of the molecule is NNC(Cc1cc(Cl)ccc1F)C1CSCCS1. The van der Waals surface area contributed by atoms with Crippen molar-refractivity contribution in [3.05, 3.63) is 34.6 Å². The highest BCUT2D eigenvalue weighted by Gasteiger charge is 2.24. The first-order valence-electron chi connectivity index (χ1n) is 5.80. The van der Waals surface area contributed by atoms with E-state index in [-0.39, 0.29) is 11.9 Å². The second-order valence-electron chi connectivity index (χ2n) is 4.20. The van der Waals surface area contributed by atoms with Crippen LogP contribution in [-0.2, 0) is 6.42 Å². The maximum absolute atomic E-state index is 13.7. The molecule has 1 fully saturated rings. The van der Waals surface area contributed by atoms with Crippen LogP contribution in [0.3, 0.4) is 0 Å². The molecular weight excluding hydrogens is 291 g/mol. The van der Waals surface area contributed by atoms with Crippen LogP contribution in [0.1, 0.15) is 5.56 Å². The number of thioether (sulfide) groups is 2. The Balaban J connectivity index is 2.06. The van der Waals surface area contributed by atoms with Crippen molar-refractivity contribution >= 4 is 35.1 Å². The zero-order chi connectivity index (χ0) is 13.0. The summed E-state index contributed by atoms with van der Waals surface area (Å²) >= 11 is 9.74. The van der Waals surface area contributed by atoms with Crippen molar-refractivity contribution in [2.45, 2.75) is 17.7 Å². The minimum atomic E-state index is -0.215. The fourth-order valence-corrected chi connectivity index (χ4v) is 5.04. The van der Waals surface area contributed by atoms with Crippen molar-refractivity contribution in [3.63, 3.8) is 0 Å². The Morgan fingerprint density at radius 1 is 1.50 bits per heavy atom. The number of hydrogen-bond acceptors (Lipinski definition) is 4. The lowest BCUT2D eigenvalue weighted by molar-refractivity contribution is 0.507. The zero-order valence-corrected chi connectivity index (χ0v) is 12.3. The molecule has 2 nitrogen and oxygen atoms in total. The maximum atomic E-state index is 13.7. The monoisotopic (exact) mass is 306 g/mol. The highest BCUT2D eigenvalue weighted by atomic mass is 35.5. The number of halogens is 2. The van der Waals surface area contributed by atoms with Crippen LogP contribution < -0.4 is 11.3 Å². The molecule has 1 aliphatic heterocycles. The number of hydrogen-bond donors (Lipinski definition) is 2. The predicted molar refractivity (Wildman–Crippen MR) is 79.8 cm³/mol. The molecule has 3 N–H and O–H groups in total. The zero-order valence-electron chi connectivity index (χ0n) is 9.86. The van der Waals surface area contributed by atoms with Crippen LogP contribution in [0.25, 0.3) is 0 Å². The van der Waals surface area contributed by atoms with E-state index in [1.165, 1.54) is 11.8 Å². The number of benzene rings is 1. The van der Waals surface area contributed by atoms with E-state index < -0.39 is 0 Å². The van der Waals surface area contributed by atoms with Crippen LogP contribution >= 0.6 is 35.1 Å². The van der Waals surface area contributed by atoms with Crippen LogP contribution in [0.5, 0.6) is 0 Å². The van der Waals surface area contributed by atoms with Gasteiger partial charge in [0, 0.05) is 33.6 Å². The third-order valence-electron chi connectivity index (χ3n) is 2.95. The molecular formula is C12H16ClFN2S2. The van der Waals surface area contributed by atoms with Crippen molar-refractivity contribution < 1.29 is 4.39 Å². The minimum Gasteiger partial charge on any atom is -0.271 e. The molecule has 0 amide bonds. The van der Waals surface area contributed by atoms with E-state index in [0.29, 0.717) is 22.3 Å². The molecule has 1 heterocycles. The number of rotatable bonds is 4. The van der Waals surface area contributed by atoms with E-state index in [9.17, 15) is 4.39 Å². The lowest BCUT2D eigenvalue weighted by Gasteiger charge is -2.29. The average molecular weight is 307 g/mol. The fraction of sp³-hybridized carbons (Fsp3) is 0.500. The molecule has 0 aliphatic carbocycles. The standard InChI is InChI=1S/C12H16ClFN2S2/c13-9-1-2-10(14)8(5-9)6-11(16-15)12-7-17-3-4-18-12/h1-2,5,11-12,16H,3-4,6-7,15H2. The first-order valence-corrected chi connectivity index (χ1v) is 8.38. The van der Waals surface area contributed by atoms with Crippen molar-refractivity contribution in [3.8, 4) is 0 Å². The van der Waals surface area contributed by atoms with E-state index in [4.69, 9.17) is 17.4 Å². The summed E-state index contributed by atoms with van der Waals surface area (Å²) in [5.41, 5.74) is 3.45. The summed E-state index contributed by atoms with van der Waals surface area (Å²) in [6.45, 7) is 0. The van der Waals surface area contributed by atoms with E-state index in [1.54, 1.807) is 12.1 Å². The van der Waals surface area contributed by atoms with Gasteiger partial charge in [0.25, 0.3) is 0 Å². The smallest absolute Gasteiger partial charge is 0.126 e. The lowest BCUT2D eigenvalue weighted by atomic mass is 10.0. The molecule has 0 spiro atoms. The van der Waals surface area contributed by atoms with E-state index in [2.05, 4.69) is 5.43 Å². The van der Waals surface area contributed by atoms with Gasteiger partial charge in [-0.15, -0.1) is 0 Å². The molecule has 2 atom stereocenters. The van der Waals surface area contributed by atoms with Gasteiger partial charge in [-0.1, -0.05) is 11.6 Å². The Kier molecular flexibility index (Phi) is 5.63. The highest BCUT2D eigenvalue weighted by molar-refractivity contribution is 8.06. The van der Waals surface area contributed by atoms with Gasteiger partial charge in [0.05, 0.1) is 0 Å². The molecule has 0 bridgehead atoms. The van der Waals surface area contributed by atoms with Gasteiger partial charge in [-0.2, -0.15) is 23.5 Å². The van der Waals surface area contributed by atoms with Crippen molar-refractivity contribution in [2.75, 3.05) is 17.3 Å². The summed E-state index contributed by atoms with van der Waals surface area (Å²) in [6, 6.07) is 4.74. The molecule has 18 heavy (non-hydrogen) atoms. The number of hydrazine groups is 1. The third-order valence-corrected chi connectivity index (χ3v) is 6.11. The van der Waals surface area contributed by atoms with Gasteiger partial charge in [0.2, 0.25) is 0 Å². The fourth-order valence-electron chi connectivity index (χ4n) is 1.97. The van der Waals surface area contributed by atoms with Crippen LogP contribution in [0.4, 0.5) is 4.39 Å². The van der Waals surface area contributed by atoms with Gasteiger partial charge in [-0.05, 0) is 30.2 Å². The van der Waals surface area contributed by atoms with Gasteiger partial charge >= 0.3 is 0 Å². The Morgan fingerprint density at radius 3 is 3.00 bits per heavy atom.